The van der Waals surface area contributed by atoms with Crippen LogP contribution in [0.3, 0.4) is 0 Å². The minimum Gasteiger partial charge on any atom is -0.545 e. The largest absolute Gasteiger partial charge is 0.545 e. The molecule has 142 valence electrons. The van der Waals surface area contributed by atoms with Crippen molar-refractivity contribution in [1.82, 2.24) is 5.32 Å². The molecule has 1 N–H and O–H groups in total. The fraction of sp³-hybridized carbons (Fsp3) is 0.250. The summed E-state index contributed by atoms with van der Waals surface area (Å²) in [5.41, 5.74) is 0.717. The van der Waals surface area contributed by atoms with E-state index in [0.717, 1.165) is 0 Å². The van der Waals surface area contributed by atoms with Crippen molar-refractivity contribution >= 4 is 42.4 Å². The second kappa shape index (κ2) is 9.21. The van der Waals surface area contributed by atoms with Crippen LogP contribution in [0, 0.1) is 10.1 Å². The summed E-state index contributed by atoms with van der Waals surface area (Å²) in [4.78, 5) is 34.2. The smallest absolute Gasteiger partial charge is 0.336 e. The molecule has 8 nitrogen and oxygen atoms in total. The molecule has 1 unspecified atom stereocenters. The average molecular weight is 404 g/mol. The Balaban J connectivity index is 0.00000312. The number of hydrogen-bond acceptors (Lipinski definition) is 7. The number of nitro benzene ring substituents is 1. The van der Waals surface area contributed by atoms with Gasteiger partial charge in [-0.1, -0.05) is 12.1 Å². The Labute approximate surface area is 161 Å². The minimum atomic E-state index is -1.47. The molecule has 1 aliphatic rings. The van der Waals surface area contributed by atoms with Crippen LogP contribution in [0.25, 0.3) is 0 Å². The van der Waals surface area contributed by atoms with Crippen LogP contribution < -0.4 is 10.4 Å². The highest BCUT2D eigenvalue weighted by Crippen LogP contribution is 2.39. The van der Waals surface area contributed by atoms with Crippen molar-refractivity contribution in [3.63, 3.8) is 0 Å². The van der Waals surface area contributed by atoms with E-state index in [1.165, 1.54) is 38.3 Å². The van der Waals surface area contributed by atoms with E-state index in [9.17, 15) is 24.8 Å². The number of carboxylic acids is 1. The maximum absolute atomic E-state index is 12.2. The molecule has 1 aromatic rings. The van der Waals surface area contributed by atoms with Crippen LogP contribution in [0.2, 0.25) is 0 Å². The normalized spacial score (nSPS) is 16.0. The number of carboxylic acid groups (broad SMARTS) is 1. The molecule has 0 fully saturated rings. The van der Waals surface area contributed by atoms with E-state index in [4.69, 9.17) is 4.74 Å². The maximum Gasteiger partial charge on any atom is 0.336 e. The van der Waals surface area contributed by atoms with E-state index in [1.54, 1.807) is 6.92 Å². The monoisotopic (exact) mass is 403 g/mol. The number of methoxy groups -OCH3 is 1. The Morgan fingerprint density at radius 3 is 2.23 bits per heavy atom. The van der Waals surface area contributed by atoms with Crippen molar-refractivity contribution in [2.24, 2.45) is 0 Å². The Morgan fingerprint density at radius 2 is 1.73 bits per heavy atom. The molecule has 1 aromatic carbocycles. The second-order valence-electron chi connectivity index (χ2n) is 5.27. The van der Waals surface area contributed by atoms with Crippen molar-refractivity contribution in [3.8, 4) is 0 Å². The summed E-state index contributed by atoms with van der Waals surface area (Å²) in [5.74, 6) is -3.21. The number of ether oxygens (including phenoxy) is 1. The number of carbonyl (C=O) groups excluding carboxylic acids is 2. The summed E-state index contributed by atoms with van der Waals surface area (Å²) in [6, 6.07) is 5.48. The molecule has 1 heterocycles. The number of halogens is 2. The summed E-state index contributed by atoms with van der Waals surface area (Å²) in [5, 5.41) is 25.4. The van der Waals surface area contributed by atoms with Gasteiger partial charge >= 0.3 is 5.97 Å². The van der Waals surface area contributed by atoms with Crippen molar-refractivity contribution in [2.75, 3.05) is 7.11 Å². The SMILES string of the molecule is COC(=O)C1=C(C)NC(C)=C(C(=O)[O-])C1c1cccc([N+](=O)[O-])c1.Cl.Cl. The first-order valence-corrected chi connectivity index (χ1v) is 7.00. The van der Waals surface area contributed by atoms with E-state index < -0.39 is 22.8 Å². The van der Waals surface area contributed by atoms with Crippen LogP contribution >= 0.6 is 24.8 Å². The average Bonchev–Trinajstić information content (AvgIpc) is 2.53. The first-order chi connectivity index (χ1) is 11.3. The number of dihydropyridines is 1. The molecule has 0 saturated heterocycles. The Hall–Kier alpha value is -2.58. The summed E-state index contributed by atoms with van der Waals surface area (Å²) in [6.07, 6.45) is 0. The first kappa shape index (κ1) is 23.4. The molecule has 1 aliphatic heterocycles. The minimum absolute atomic E-state index is 0. The van der Waals surface area contributed by atoms with Gasteiger partial charge < -0.3 is 20.0 Å². The number of non-ortho nitro benzene ring substituents is 1. The van der Waals surface area contributed by atoms with Gasteiger partial charge in [0.05, 0.1) is 23.6 Å². The van der Waals surface area contributed by atoms with E-state index in [1.807, 2.05) is 0 Å². The topological polar surface area (TPSA) is 122 Å². The van der Waals surface area contributed by atoms with Crippen LogP contribution in [0.4, 0.5) is 5.69 Å². The van der Waals surface area contributed by atoms with Crippen molar-refractivity contribution in [3.05, 3.63) is 62.5 Å². The third-order valence-corrected chi connectivity index (χ3v) is 3.80. The highest BCUT2D eigenvalue weighted by atomic mass is 35.5. The van der Waals surface area contributed by atoms with Gasteiger partial charge in [-0.3, -0.25) is 10.1 Å². The molecule has 0 radical (unpaired) electrons. The first-order valence-electron chi connectivity index (χ1n) is 7.00. The Kier molecular flexibility index (Phi) is 8.30. The van der Waals surface area contributed by atoms with E-state index in [0.29, 0.717) is 17.0 Å². The number of nitrogens with zero attached hydrogens (tertiary/aromatic N) is 1. The molecular formula is C16H17Cl2N2O6-. The van der Waals surface area contributed by atoms with Crippen LogP contribution in [0.15, 0.2) is 46.8 Å². The van der Waals surface area contributed by atoms with Gasteiger partial charge in [0.1, 0.15) is 0 Å². The molecule has 0 bridgehead atoms. The van der Waals surface area contributed by atoms with Crippen LogP contribution in [-0.2, 0) is 14.3 Å². The van der Waals surface area contributed by atoms with E-state index >= 15 is 0 Å². The van der Waals surface area contributed by atoms with Gasteiger partial charge in [-0.2, -0.15) is 0 Å². The fourth-order valence-electron chi connectivity index (χ4n) is 2.80. The number of nitro groups is 1. The van der Waals surface area contributed by atoms with Crippen molar-refractivity contribution in [2.45, 2.75) is 19.8 Å². The molecule has 0 saturated carbocycles. The lowest BCUT2D eigenvalue weighted by Crippen LogP contribution is -2.37. The highest BCUT2D eigenvalue weighted by Gasteiger charge is 2.34. The molecule has 0 amide bonds. The predicted molar refractivity (Wildman–Crippen MR) is 95.9 cm³/mol. The number of rotatable bonds is 4. The number of aliphatic carboxylic acids is 1. The van der Waals surface area contributed by atoms with Gasteiger partial charge in [0.15, 0.2) is 0 Å². The third kappa shape index (κ3) is 4.33. The molecule has 0 aliphatic carbocycles. The molecular weight excluding hydrogens is 387 g/mol. The molecule has 10 heteroatoms. The lowest BCUT2D eigenvalue weighted by molar-refractivity contribution is -0.384. The van der Waals surface area contributed by atoms with E-state index in [-0.39, 0.29) is 41.6 Å². The van der Waals surface area contributed by atoms with Gasteiger partial charge in [-0.05, 0) is 19.4 Å². The fourth-order valence-corrected chi connectivity index (χ4v) is 2.80. The number of hydrogen-bond donors (Lipinski definition) is 1. The molecule has 0 spiro atoms. The van der Waals surface area contributed by atoms with Gasteiger partial charge in [0, 0.05) is 35.0 Å². The lowest BCUT2D eigenvalue weighted by Gasteiger charge is -2.31. The van der Waals surface area contributed by atoms with Crippen molar-refractivity contribution < 1.29 is 24.4 Å². The van der Waals surface area contributed by atoms with Crippen LogP contribution in [-0.4, -0.2) is 24.0 Å². The zero-order valence-corrected chi connectivity index (χ0v) is 15.7. The van der Waals surface area contributed by atoms with Gasteiger partial charge in [-0.25, -0.2) is 4.79 Å². The highest BCUT2D eigenvalue weighted by molar-refractivity contribution is 5.98. The summed E-state index contributed by atoms with van der Waals surface area (Å²) in [6.45, 7) is 3.14. The maximum atomic E-state index is 12.2. The second-order valence-corrected chi connectivity index (χ2v) is 5.27. The molecule has 26 heavy (non-hydrogen) atoms. The van der Waals surface area contributed by atoms with Crippen LogP contribution in [0.5, 0.6) is 0 Å². The standard InChI is InChI=1S/C16H16N2O6.2ClH/c1-8-12(15(19)20)14(13(9(2)17-8)16(21)24-3)10-5-4-6-11(7-10)18(22)23;;/h4-7,14,17H,1-3H3,(H,19,20);2*1H/p-1. The Morgan fingerprint density at radius 1 is 1.15 bits per heavy atom. The van der Waals surface area contributed by atoms with Crippen molar-refractivity contribution in [1.29, 1.82) is 0 Å². The number of allylic oxidation sites excluding steroid dienone is 2. The third-order valence-electron chi connectivity index (χ3n) is 3.80. The van der Waals surface area contributed by atoms with Gasteiger partial charge in [0.25, 0.3) is 5.69 Å². The summed E-state index contributed by atoms with van der Waals surface area (Å²) in [7, 11) is 1.18. The quantitative estimate of drug-likeness (QED) is 0.460. The number of nitrogens with one attached hydrogen (secondary N) is 1. The molecule has 1 atom stereocenters. The van der Waals surface area contributed by atoms with E-state index in [2.05, 4.69) is 5.32 Å². The Bertz CT molecular complexity index is 804. The van der Waals surface area contributed by atoms with Gasteiger partial charge in [-0.15, -0.1) is 24.8 Å². The number of esters is 1. The molecule has 0 aromatic heterocycles. The summed E-state index contributed by atoms with van der Waals surface area (Å²) >= 11 is 0. The molecule has 2 rings (SSSR count). The summed E-state index contributed by atoms with van der Waals surface area (Å²) < 4.78 is 4.75. The van der Waals surface area contributed by atoms with Gasteiger partial charge in [0.2, 0.25) is 0 Å². The van der Waals surface area contributed by atoms with Crippen LogP contribution in [0.1, 0.15) is 25.3 Å². The number of benzene rings is 1. The predicted octanol–water partition coefficient (Wildman–Crippen LogP) is 1.60. The zero-order chi connectivity index (χ0) is 18.0. The number of carbonyl (C=O) groups is 2. The zero-order valence-electron chi connectivity index (χ0n) is 14.1. The lowest BCUT2D eigenvalue weighted by atomic mass is 9.80.